The summed E-state index contributed by atoms with van der Waals surface area (Å²) in [6.07, 6.45) is 1.68. The second-order valence-corrected chi connectivity index (χ2v) is 6.94. The molecule has 3 rings (SSSR count). The summed E-state index contributed by atoms with van der Waals surface area (Å²) in [5.41, 5.74) is 2.16. The molecule has 2 aromatic carbocycles. The van der Waals surface area contributed by atoms with Gasteiger partial charge in [-0.15, -0.1) is 0 Å². The first-order chi connectivity index (χ1) is 13.5. The van der Waals surface area contributed by atoms with Crippen LogP contribution in [0.3, 0.4) is 0 Å². The van der Waals surface area contributed by atoms with Crippen molar-refractivity contribution in [1.29, 1.82) is 0 Å². The van der Waals surface area contributed by atoms with Crippen molar-refractivity contribution in [3.05, 3.63) is 59.2 Å². The Morgan fingerprint density at radius 2 is 1.54 bits per heavy atom. The summed E-state index contributed by atoms with van der Waals surface area (Å²) in [6.45, 7) is 2.11. The molecule has 1 aliphatic heterocycles. The Hall–Kier alpha value is -2.86. The van der Waals surface area contributed by atoms with E-state index in [4.69, 9.17) is 9.47 Å². The maximum Gasteiger partial charge on any atom is 0.261 e. The lowest BCUT2D eigenvalue weighted by molar-refractivity contribution is 0.0650. The Kier molecular flexibility index (Phi) is 6.31. The minimum Gasteiger partial charge on any atom is -0.493 e. The minimum absolute atomic E-state index is 0.181. The fourth-order valence-corrected chi connectivity index (χ4v) is 3.46. The van der Waals surface area contributed by atoms with Gasteiger partial charge in [0.15, 0.2) is 11.5 Å². The lowest BCUT2D eigenvalue weighted by atomic mass is 10.1. The average molecular weight is 382 g/mol. The van der Waals surface area contributed by atoms with Crippen LogP contribution in [0, 0.1) is 0 Å². The third-order valence-corrected chi connectivity index (χ3v) is 4.95. The lowest BCUT2D eigenvalue weighted by Crippen LogP contribution is -2.31. The number of amides is 2. The average Bonchev–Trinajstić information content (AvgIpc) is 2.96. The van der Waals surface area contributed by atoms with Crippen molar-refractivity contribution < 1.29 is 19.1 Å². The normalized spacial score (nSPS) is 13.2. The van der Waals surface area contributed by atoms with Gasteiger partial charge in [0.1, 0.15) is 0 Å². The van der Waals surface area contributed by atoms with Crippen LogP contribution in [0.2, 0.25) is 0 Å². The SMILES string of the molecule is COc1ccc(CN(C)CCCCN2C(=O)c3ccccc3C2=O)cc1OC. The fraction of sp³-hybridized carbons (Fsp3) is 0.364. The van der Waals surface area contributed by atoms with Crippen molar-refractivity contribution in [3.63, 3.8) is 0 Å². The zero-order valence-electron chi connectivity index (χ0n) is 16.6. The quantitative estimate of drug-likeness (QED) is 0.492. The first-order valence-electron chi connectivity index (χ1n) is 9.40. The molecule has 28 heavy (non-hydrogen) atoms. The van der Waals surface area contributed by atoms with Crippen LogP contribution in [0.1, 0.15) is 39.1 Å². The summed E-state index contributed by atoms with van der Waals surface area (Å²) >= 11 is 0. The van der Waals surface area contributed by atoms with Gasteiger partial charge in [0.05, 0.1) is 25.3 Å². The topological polar surface area (TPSA) is 59.1 Å². The van der Waals surface area contributed by atoms with Crippen LogP contribution < -0.4 is 9.47 Å². The number of ether oxygens (including phenoxy) is 2. The number of hydrogen-bond acceptors (Lipinski definition) is 5. The van der Waals surface area contributed by atoms with Crippen LogP contribution in [0.25, 0.3) is 0 Å². The smallest absolute Gasteiger partial charge is 0.261 e. The number of methoxy groups -OCH3 is 2. The molecule has 148 valence electrons. The van der Waals surface area contributed by atoms with Gasteiger partial charge in [0.2, 0.25) is 0 Å². The van der Waals surface area contributed by atoms with Crippen LogP contribution >= 0.6 is 0 Å². The van der Waals surface area contributed by atoms with Crippen molar-refractivity contribution in [3.8, 4) is 11.5 Å². The van der Waals surface area contributed by atoms with Crippen LogP contribution in [0.4, 0.5) is 0 Å². The molecule has 2 aromatic rings. The molecular weight excluding hydrogens is 356 g/mol. The molecule has 0 bridgehead atoms. The summed E-state index contributed by atoms with van der Waals surface area (Å²) in [5.74, 6) is 1.08. The predicted octanol–water partition coefficient (Wildman–Crippen LogP) is 3.21. The molecule has 1 aliphatic rings. The number of carbonyl (C=O) groups excluding carboxylic acids is 2. The molecule has 0 saturated heterocycles. The molecular formula is C22H26N2O4. The molecule has 1 heterocycles. The highest BCUT2D eigenvalue weighted by molar-refractivity contribution is 6.21. The number of carbonyl (C=O) groups is 2. The van der Waals surface area contributed by atoms with E-state index < -0.39 is 0 Å². The first-order valence-corrected chi connectivity index (χ1v) is 9.40. The Morgan fingerprint density at radius 3 is 2.14 bits per heavy atom. The monoisotopic (exact) mass is 382 g/mol. The largest absolute Gasteiger partial charge is 0.493 e. The number of unbranched alkanes of at least 4 members (excludes halogenated alkanes) is 1. The van der Waals surface area contributed by atoms with Crippen molar-refractivity contribution in [1.82, 2.24) is 9.80 Å². The molecule has 0 aliphatic carbocycles. The molecule has 6 nitrogen and oxygen atoms in total. The Labute approximate surface area is 165 Å². The predicted molar refractivity (Wildman–Crippen MR) is 107 cm³/mol. The first kappa shape index (κ1) is 19.9. The zero-order chi connectivity index (χ0) is 20.1. The van der Waals surface area contributed by atoms with Gasteiger partial charge in [0, 0.05) is 13.1 Å². The third kappa shape index (κ3) is 4.17. The van der Waals surface area contributed by atoms with E-state index in [1.807, 2.05) is 18.2 Å². The summed E-state index contributed by atoms with van der Waals surface area (Å²) in [4.78, 5) is 28.3. The molecule has 0 saturated carbocycles. The Bertz CT molecular complexity index is 830. The van der Waals surface area contributed by atoms with Gasteiger partial charge in [0.25, 0.3) is 11.8 Å². The van der Waals surface area contributed by atoms with E-state index in [9.17, 15) is 9.59 Å². The van der Waals surface area contributed by atoms with E-state index >= 15 is 0 Å². The molecule has 0 radical (unpaired) electrons. The Balaban J connectivity index is 1.46. The molecule has 0 unspecified atom stereocenters. The van der Waals surface area contributed by atoms with Gasteiger partial charge in [-0.3, -0.25) is 14.5 Å². The van der Waals surface area contributed by atoms with Crippen LogP contribution in [-0.4, -0.2) is 56.0 Å². The Morgan fingerprint density at radius 1 is 0.893 bits per heavy atom. The lowest BCUT2D eigenvalue weighted by Gasteiger charge is -2.19. The van der Waals surface area contributed by atoms with Gasteiger partial charge in [-0.1, -0.05) is 18.2 Å². The molecule has 0 N–H and O–H groups in total. The van der Waals surface area contributed by atoms with E-state index in [0.29, 0.717) is 17.7 Å². The summed E-state index contributed by atoms with van der Waals surface area (Å²) < 4.78 is 10.6. The van der Waals surface area contributed by atoms with Crippen molar-refractivity contribution >= 4 is 11.8 Å². The van der Waals surface area contributed by atoms with E-state index in [1.165, 1.54) is 4.90 Å². The van der Waals surface area contributed by atoms with Crippen molar-refractivity contribution in [2.45, 2.75) is 19.4 Å². The highest BCUT2D eigenvalue weighted by Crippen LogP contribution is 2.28. The van der Waals surface area contributed by atoms with E-state index in [-0.39, 0.29) is 11.8 Å². The molecule has 6 heteroatoms. The van der Waals surface area contributed by atoms with Crippen molar-refractivity contribution in [2.75, 3.05) is 34.4 Å². The number of imide groups is 1. The molecule has 0 fully saturated rings. The van der Waals surface area contributed by atoms with E-state index in [2.05, 4.69) is 11.9 Å². The fourth-order valence-electron chi connectivity index (χ4n) is 3.46. The number of hydrogen-bond donors (Lipinski definition) is 0. The minimum atomic E-state index is -0.181. The van der Waals surface area contributed by atoms with Gasteiger partial charge in [-0.25, -0.2) is 0 Å². The van der Waals surface area contributed by atoms with Crippen LogP contribution in [0.5, 0.6) is 11.5 Å². The molecule has 0 aromatic heterocycles. The maximum atomic E-state index is 12.4. The summed E-state index contributed by atoms with van der Waals surface area (Å²) in [5, 5.41) is 0. The van der Waals surface area contributed by atoms with E-state index in [1.54, 1.807) is 38.5 Å². The van der Waals surface area contributed by atoms with Crippen LogP contribution in [-0.2, 0) is 6.54 Å². The molecule has 2 amide bonds. The standard InChI is InChI=1S/C22H26N2O4/c1-23(15-16-10-11-19(27-2)20(14-16)28-3)12-6-7-13-24-21(25)17-8-4-5-9-18(17)22(24)26/h4-5,8-11,14H,6-7,12-13,15H2,1-3H3. The number of rotatable bonds is 9. The van der Waals surface area contributed by atoms with Crippen LogP contribution in [0.15, 0.2) is 42.5 Å². The molecule has 0 atom stereocenters. The van der Waals surface area contributed by atoms with Crippen molar-refractivity contribution in [2.24, 2.45) is 0 Å². The van der Waals surface area contributed by atoms with Gasteiger partial charge in [-0.2, -0.15) is 0 Å². The second kappa shape index (κ2) is 8.89. The van der Waals surface area contributed by atoms with Gasteiger partial charge >= 0.3 is 0 Å². The zero-order valence-corrected chi connectivity index (χ0v) is 16.6. The summed E-state index contributed by atoms with van der Waals surface area (Å²) in [6, 6.07) is 12.9. The third-order valence-electron chi connectivity index (χ3n) is 4.95. The van der Waals surface area contributed by atoms with E-state index in [0.717, 1.165) is 43.0 Å². The summed E-state index contributed by atoms with van der Waals surface area (Å²) in [7, 11) is 5.31. The second-order valence-electron chi connectivity index (χ2n) is 6.94. The highest BCUT2D eigenvalue weighted by atomic mass is 16.5. The highest BCUT2D eigenvalue weighted by Gasteiger charge is 2.34. The number of fused-ring (bicyclic) bond motifs is 1. The number of benzene rings is 2. The molecule has 0 spiro atoms. The number of nitrogens with zero attached hydrogens (tertiary/aromatic N) is 2. The maximum absolute atomic E-state index is 12.4. The van der Waals surface area contributed by atoms with Gasteiger partial charge in [-0.05, 0) is 56.3 Å². The van der Waals surface area contributed by atoms with Gasteiger partial charge < -0.3 is 14.4 Å².